The van der Waals surface area contributed by atoms with E-state index >= 15 is 0 Å². The number of nitrogens with zero attached hydrogens (tertiary/aromatic N) is 1. The van der Waals surface area contributed by atoms with Crippen molar-refractivity contribution >= 4 is 17.8 Å². The summed E-state index contributed by atoms with van der Waals surface area (Å²) < 4.78 is 10.4. The van der Waals surface area contributed by atoms with E-state index in [-0.39, 0.29) is 6.54 Å². The zero-order chi connectivity index (χ0) is 21.8. The van der Waals surface area contributed by atoms with Crippen molar-refractivity contribution < 1.29 is 23.9 Å². The van der Waals surface area contributed by atoms with Crippen molar-refractivity contribution in [2.24, 2.45) is 0 Å². The van der Waals surface area contributed by atoms with E-state index < -0.39 is 29.9 Å². The minimum absolute atomic E-state index is 0.357. The third kappa shape index (κ3) is 7.39. The summed E-state index contributed by atoms with van der Waals surface area (Å²) in [5, 5.41) is 14.5. The van der Waals surface area contributed by atoms with Crippen LogP contribution >= 0.6 is 0 Å². The number of benzene rings is 1. The predicted octanol–water partition coefficient (Wildman–Crippen LogP) is 2.48. The number of carbonyl (C=O) groups excluding carboxylic acids is 3. The molecular weight excluding hydrogens is 386 g/mol. The number of amides is 2. The van der Waals surface area contributed by atoms with E-state index in [4.69, 9.17) is 9.47 Å². The van der Waals surface area contributed by atoms with E-state index in [0.717, 1.165) is 32.1 Å². The van der Waals surface area contributed by atoms with Crippen molar-refractivity contribution in [2.75, 3.05) is 19.8 Å². The van der Waals surface area contributed by atoms with E-state index in [1.54, 1.807) is 24.3 Å². The first kappa shape index (κ1) is 23.2. The van der Waals surface area contributed by atoms with Crippen LogP contribution in [0.1, 0.15) is 62.2 Å². The van der Waals surface area contributed by atoms with Crippen molar-refractivity contribution in [2.45, 2.75) is 57.4 Å². The Morgan fingerprint density at radius 2 is 1.83 bits per heavy atom. The lowest BCUT2D eigenvalue weighted by molar-refractivity contribution is -0.148. The molecule has 0 unspecified atom stereocenters. The van der Waals surface area contributed by atoms with E-state index in [1.807, 2.05) is 0 Å². The van der Waals surface area contributed by atoms with Gasteiger partial charge >= 0.3 is 5.97 Å². The van der Waals surface area contributed by atoms with Gasteiger partial charge in [0.2, 0.25) is 0 Å². The zero-order valence-electron chi connectivity index (χ0n) is 17.4. The van der Waals surface area contributed by atoms with E-state index in [1.165, 1.54) is 0 Å². The number of ether oxygens (including phenoxy) is 2. The summed E-state index contributed by atoms with van der Waals surface area (Å²) in [4.78, 5) is 36.0. The number of carbonyl (C=O) groups is 3. The summed E-state index contributed by atoms with van der Waals surface area (Å²) in [6.45, 7) is 1.86. The van der Waals surface area contributed by atoms with Crippen LogP contribution in [0.2, 0.25) is 0 Å². The minimum Gasteiger partial charge on any atom is -0.494 e. The fraction of sp³-hybridized carbons (Fsp3) is 0.545. The fourth-order valence-corrected chi connectivity index (χ4v) is 3.21. The highest BCUT2D eigenvalue weighted by Gasteiger charge is 2.33. The molecule has 1 aliphatic carbocycles. The molecule has 1 aromatic rings. The second-order valence-corrected chi connectivity index (χ2v) is 7.37. The number of hydrogen-bond acceptors (Lipinski definition) is 6. The Morgan fingerprint density at radius 1 is 1.13 bits per heavy atom. The summed E-state index contributed by atoms with van der Waals surface area (Å²) in [6, 6.07) is 8.79. The fourth-order valence-electron chi connectivity index (χ4n) is 3.21. The van der Waals surface area contributed by atoms with Crippen molar-refractivity contribution in [3.63, 3.8) is 0 Å². The summed E-state index contributed by atoms with van der Waals surface area (Å²) in [5.74, 6) is -0.995. The number of unbranched alkanes of at least 4 members (excludes halogenated alkanes) is 1. The molecule has 2 rings (SSSR count). The molecule has 1 saturated carbocycles. The van der Waals surface area contributed by atoms with Crippen molar-refractivity contribution in [3.05, 3.63) is 29.8 Å². The van der Waals surface area contributed by atoms with Crippen LogP contribution in [0.15, 0.2) is 24.3 Å². The molecule has 0 heterocycles. The summed E-state index contributed by atoms with van der Waals surface area (Å²) >= 11 is 0. The van der Waals surface area contributed by atoms with Crippen LogP contribution in [0.4, 0.5) is 0 Å². The first-order chi connectivity index (χ1) is 14.5. The van der Waals surface area contributed by atoms with Gasteiger partial charge in [-0.2, -0.15) is 5.26 Å². The number of hydrogen-bond donors (Lipinski definition) is 2. The molecule has 0 aliphatic heterocycles. The molecule has 8 heteroatoms. The number of nitrogens with one attached hydrogen (secondary N) is 2. The Kier molecular flexibility index (Phi) is 9.13. The standard InChI is InChI=1S/C22H29N3O5/c1-2-3-13-29-18-9-7-17(8-10-18)21(28)24-14-20(27)30-15-19(26)25-22(16-23)11-5-4-6-12-22/h7-10H,2-6,11-15H2,1H3,(H,24,28)(H,25,26). The van der Waals surface area contributed by atoms with Crippen LogP contribution in [0, 0.1) is 11.3 Å². The van der Waals surface area contributed by atoms with E-state index in [0.29, 0.717) is 30.8 Å². The van der Waals surface area contributed by atoms with Gasteiger partial charge in [0.15, 0.2) is 6.61 Å². The molecule has 30 heavy (non-hydrogen) atoms. The zero-order valence-corrected chi connectivity index (χ0v) is 17.4. The first-order valence-electron chi connectivity index (χ1n) is 10.4. The van der Waals surface area contributed by atoms with Gasteiger partial charge in [-0.3, -0.25) is 14.4 Å². The minimum atomic E-state index is -0.873. The van der Waals surface area contributed by atoms with Crippen molar-refractivity contribution in [1.29, 1.82) is 5.26 Å². The molecule has 0 bridgehead atoms. The summed E-state index contributed by atoms with van der Waals surface area (Å²) in [7, 11) is 0. The molecule has 2 amide bonds. The van der Waals surface area contributed by atoms with Gasteiger partial charge in [0.1, 0.15) is 17.8 Å². The maximum atomic E-state index is 12.1. The molecule has 1 fully saturated rings. The Bertz CT molecular complexity index is 764. The molecule has 1 aromatic carbocycles. The van der Waals surface area contributed by atoms with Gasteiger partial charge in [0, 0.05) is 5.56 Å². The molecule has 0 aromatic heterocycles. The molecule has 0 atom stereocenters. The van der Waals surface area contributed by atoms with Gasteiger partial charge in [0.05, 0.1) is 12.7 Å². The third-order valence-electron chi connectivity index (χ3n) is 4.94. The smallest absolute Gasteiger partial charge is 0.325 e. The highest BCUT2D eigenvalue weighted by Crippen LogP contribution is 2.27. The van der Waals surface area contributed by atoms with E-state index in [9.17, 15) is 19.6 Å². The average Bonchev–Trinajstić information content (AvgIpc) is 2.77. The van der Waals surface area contributed by atoms with Gasteiger partial charge in [-0.05, 0) is 43.5 Å². The van der Waals surface area contributed by atoms with Crippen molar-refractivity contribution in [1.82, 2.24) is 10.6 Å². The predicted molar refractivity (Wildman–Crippen MR) is 110 cm³/mol. The van der Waals surface area contributed by atoms with E-state index in [2.05, 4.69) is 23.6 Å². The quantitative estimate of drug-likeness (QED) is 0.448. The molecule has 0 spiro atoms. The van der Waals surface area contributed by atoms with Gasteiger partial charge in [-0.15, -0.1) is 0 Å². The molecule has 8 nitrogen and oxygen atoms in total. The maximum absolute atomic E-state index is 12.1. The highest BCUT2D eigenvalue weighted by atomic mass is 16.5. The third-order valence-corrected chi connectivity index (χ3v) is 4.94. The Hall–Kier alpha value is -3.08. The second-order valence-electron chi connectivity index (χ2n) is 7.37. The lowest BCUT2D eigenvalue weighted by atomic mass is 9.83. The first-order valence-corrected chi connectivity index (χ1v) is 10.4. The summed E-state index contributed by atoms with van der Waals surface area (Å²) in [5.41, 5.74) is -0.487. The average molecular weight is 415 g/mol. The SMILES string of the molecule is CCCCOc1ccc(C(=O)NCC(=O)OCC(=O)NC2(C#N)CCCCC2)cc1. The largest absolute Gasteiger partial charge is 0.494 e. The number of rotatable bonds is 10. The second kappa shape index (κ2) is 11.8. The number of esters is 1. The van der Waals surface area contributed by atoms with Crippen LogP contribution in [-0.2, 0) is 14.3 Å². The lowest BCUT2D eigenvalue weighted by Gasteiger charge is -2.31. The maximum Gasteiger partial charge on any atom is 0.325 e. The molecule has 0 radical (unpaired) electrons. The van der Waals surface area contributed by atoms with Crippen LogP contribution in [0.3, 0.4) is 0 Å². The normalized spacial score (nSPS) is 14.8. The molecule has 0 saturated heterocycles. The monoisotopic (exact) mass is 415 g/mol. The topological polar surface area (TPSA) is 118 Å². The van der Waals surface area contributed by atoms with Crippen LogP contribution in [-0.4, -0.2) is 43.1 Å². The van der Waals surface area contributed by atoms with Gasteiger partial charge in [-0.25, -0.2) is 0 Å². The van der Waals surface area contributed by atoms with Crippen LogP contribution in [0.25, 0.3) is 0 Å². The van der Waals surface area contributed by atoms with Gasteiger partial charge < -0.3 is 20.1 Å². The molecule has 162 valence electrons. The molecular formula is C22H29N3O5. The van der Waals surface area contributed by atoms with Crippen LogP contribution in [0.5, 0.6) is 5.75 Å². The highest BCUT2D eigenvalue weighted by molar-refractivity contribution is 5.96. The number of nitriles is 1. The van der Waals surface area contributed by atoms with Gasteiger partial charge in [0.25, 0.3) is 11.8 Å². The lowest BCUT2D eigenvalue weighted by Crippen LogP contribution is -2.50. The Balaban J connectivity index is 1.70. The molecule has 2 N–H and O–H groups in total. The van der Waals surface area contributed by atoms with Gasteiger partial charge in [-0.1, -0.05) is 32.6 Å². The Morgan fingerprint density at radius 3 is 2.47 bits per heavy atom. The van der Waals surface area contributed by atoms with Crippen LogP contribution < -0.4 is 15.4 Å². The van der Waals surface area contributed by atoms with Crippen molar-refractivity contribution in [3.8, 4) is 11.8 Å². The Labute approximate surface area is 176 Å². The summed E-state index contributed by atoms with van der Waals surface area (Å²) in [6.07, 6.45) is 6.00. The molecule has 1 aliphatic rings.